The monoisotopic (exact) mass is 297 g/mol. The van der Waals surface area contributed by atoms with Crippen LogP contribution < -0.4 is 5.73 Å². The molecule has 2 N–H and O–H groups in total. The molecule has 0 bridgehead atoms. The van der Waals surface area contributed by atoms with Crippen molar-refractivity contribution in [1.29, 1.82) is 0 Å². The Balaban J connectivity index is 2.71. The molecule has 2 aromatic rings. The van der Waals surface area contributed by atoms with Crippen LogP contribution in [-0.4, -0.2) is 9.55 Å². The zero-order valence-corrected chi connectivity index (χ0v) is 11.3. The molecular weight excluding hydrogens is 285 g/mol. The minimum Gasteiger partial charge on any atom is -0.331 e. The lowest BCUT2D eigenvalue weighted by atomic mass is 10.1. The number of aromatic nitrogens is 2. The van der Waals surface area contributed by atoms with Gasteiger partial charge >= 0.3 is 0 Å². The van der Waals surface area contributed by atoms with E-state index in [0.29, 0.717) is 17.8 Å². The fourth-order valence-corrected chi connectivity index (χ4v) is 2.20. The van der Waals surface area contributed by atoms with Crippen molar-refractivity contribution >= 4 is 15.9 Å². The minimum absolute atomic E-state index is 0.272. The van der Waals surface area contributed by atoms with Gasteiger partial charge in [-0.2, -0.15) is 0 Å². The van der Waals surface area contributed by atoms with Crippen molar-refractivity contribution in [2.45, 2.75) is 13.5 Å². The summed E-state index contributed by atoms with van der Waals surface area (Å²) in [6.07, 6.45) is 0. The summed E-state index contributed by atoms with van der Waals surface area (Å²) in [4.78, 5) is 4.33. The average molecular weight is 298 g/mol. The molecule has 0 aliphatic carbocycles. The summed E-state index contributed by atoms with van der Waals surface area (Å²) in [5, 5.41) is 0. The molecule has 2 rings (SSSR count). The molecule has 0 aliphatic rings. The molecule has 0 unspecified atom stereocenters. The van der Waals surface area contributed by atoms with Crippen molar-refractivity contribution in [3.63, 3.8) is 0 Å². The molecule has 0 aliphatic heterocycles. The van der Waals surface area contributed by atoms with Crippen LogP contribution in [0.1, 0.15) is 11.5 Å². The zero-order chi connectivity index (χ0) is 12.6. The zero-order valence-electron chi connectivity index (χ0n) is 9.67. The van der Waals surface area contributed by atoms with E-state index in [1.807, 2.05) is 18.5 Å². The molecule has 17 heavy (non-hydrogen) atoms. The van der Waals surface area contributed by atoms with Gasteiger partial charge < -0.3 is 10.3 Å². The molecule has 90 valence electrons. The van der Waals surface area contributed by atoms with Crippen LogP contribution in [0.4, 0.5) is 4.39 Å². The smallest absolute Gasteiger partial charge is 0.132 e. The van der Waals surface area contributed by atoms with Crippen molar-refractivity contribution < 1.29 is 4.39 Å². The van der Waals surface area contributed by atoms with Crippen LogP contribution in [0.2, 0.25) is 0 Å². The highest BCUT2D eigenvalue weighted by Gasteiger charge is 2.16. The molecule has 0 radical (unpaired) electrons. The van der Waals surface area contributed by atoms with Gasteiger partial charge in [0, 0.05) is 23.6 Å². The summed E-state index contributed by atoms with van der Waals surface area (Å²) < 4.78 is 16.5. The van der Waals surface area contributed by atoms with Gasteiger partial charge in [0.1, 0.15) is 11.6 Å². The number of benzene rings is 1. The highest BCUT2D eigenvalue weighted by Crippen LogP contribution is 2.29. The Morgan fingerprint density at radius 2 is 2.18 bits per heavy atom. The largest absolute Gasteiger partial charge is 0.331 e. The standard InChI is InChI=1S/C12H13BrFN3/c1-7-16-11(6-15)12(17(7)2)9-5-8(13)3-4-10(9)14/h3-5H,6,15H2,1-2H3. The maximum absolute atomic E-state index is 13.9. The molecule has 0 saturated carbocycles. The van der Waals surface area contributed by atoms with Crippen LogP contribution in [0.15, 0.2) is 22.7 Å². The molecule has 0 atom stereocenters. The van der Waals surface area contributed by atoms with Crippen molar-refractivity contribution in [2.24, 2.45) is 12.8 Å². The van der Waals surface area contributed by atoms with Crippen molar-refractivity contribution in [2.75, 3.05) is 0 Å². The summed E-state index contributed by atoms with van der Waals surface area (Å²) in [5.41, 5.74) is 7.61. The van der Waals surface area contributed by atoms with E-state index in [2.05, 4.69) is 20.9 Å². The van der Waals surface area contributed by atoms with E-state index in [1.54, 1.807) is 12.1 Å². The number of imidazole rings is 1. The van der Waals surface area contributed by atoms with E-state index in [-0.39, 0.29) is 5.82 Å². The lowest BCUT2D eigenvalue weighted by Gasteiger charge is -2.08. The Labute approximate surface area is 108 Å². The Kier molecular flexibility index (Phi) is 3.31. The van der Waals surface area contributed by atoms with Crippen LogP contribution in [-0.2, 0) is 13.6 Å². The van der Waals surface area contributed by atoms with Crippen LogP contribution in [0.25, 0.3) is 11.3 Å². The first-order valence-corrected chi connectivity index (χ1v) is 6.01. The molecular formula is C12H13BrFN3. The maximum atomic E-state index is 13.9. The lowest BCUT2D eigenvalue weighted by Crippen LogP contribution is -2.02. The highest BCUT2D eigenvalue weighted by molar-refractivity contribution is 9.10. The van der Waals surface area contributed by atoms with Gasteiger partial charge in [0.05, 0.1) is 11.4 Å². The number of nitrogens with two attached hydrogens (primary N) is 1. The second kappa shape index (κ2) is 4.58. The van der Waals surface area contributed by atoms with Crippen LogP contribution in [0, 0.1) is 12.7 Å². The average Bonchev–Trinajstić information content (AvgIpc) is 2.59. The number of rotatable bonds is 2. The third-order valence-electron chi connectivity index (χ3n) is 2.77. The van der Waals surface area contributed by atoms with Gasteiger partial charge in [-0.3, -0.25) is 0 Å². The predicted octanol–water partition coefficient (Wildman–Crippen LogP) is 2.76. The Morgan fingerprint density at radius 1 is 1.47 bits per heavy atom. The van der Waals surface area contributed by atoms with Gasteiger partial charge in [-0.05, 0) is 25.1 Å². The van der Waals surface area contributed by atoms with Crippen molar-refractivity contribution in [3.8, 4) is 11.3 Å². The third kappa shape index (κ3) is 2.12. The van der Waals surface area contributed by atoms with Gasteiger partial charge in [-0.15, -0.1) is 0 Å². The summed E-state index contributed by atoms with van der Waals surface area (Å²) in [5.74, 6) is 0.547. The fourth-order valence-electron chi connectivity index (χ4n) is 1.84. The van der Waals surface area contributed by atoms with Crippen LogP contribution >= 0.6 is 15.9 Å². The van der Waals surface area contributed by atoms with Crippen molar-refractivity contribution in [1.82, 2.24) is 9.55 Å². The topological polar surface area (TPSA) is 43.8 Å². The second-order valence-electron chi connectivity index (χ2n) is 3.84. The molecule has 0 saturated heterocycles. The molecule has 0 amide bonds. The quantitative estimate of drug-likeness (QED) is 0.926. The molecule has 3 nitrogen and oxygen atoms in total. The number of nitrogens with zero attached hydrogens (tertiary/aromatic N) is 2. The number of aryl methyl sites for hydroxylation is 1. The van der Waals surface area contributed by atoms with E-state index in [0.717, 1.165) is 16.0 Å². The number of hydrogen-bond acceptors (Lipinski definition) is 2. The van der Waals surface area contributed by atoms with Crippen LogP contribution in [0.5, 0.6) is 0 Å². The van der Waals surface area contributed by atoms with Crippen molar-refractivity contribution in [3.05, 3.63) is 40.0 Å². The van der Waals surface area contributed by atoms with Gasteiger partial charge in [-0.1, -0.05) is 15.9 Å². The van der Waals surface area contributed by atoms with E-state index < -0.39 is 0 Å². The molecule has 0 fully saturated rings. The molecule has 5 heteroatoms. The minimum atomic E-state index is -0.272. The fraction of sp³-hybridized carbons (Fsp3) is 0.250. The van der Waals surface area contributed by atoms with Gasteiger partial charge in [0.15, 0.2) is 0 Å². The van der Waals surface area contributed by atoms with Crippen LogP contribution in [0.3, 0.4) is 0 Å². The summed E-state index contributed by atoms with van der Waals surface area (Å²) in [6.45, 7) is 2.17. The maximum Gasteiger partial charge on any atom is 0.132 e. The summed E-state index contributed by atoms with van der Waals surface area (Å²) in [6, 6.07) is 4.84. The third-order valence-corrected chi connectivity index (χ3v) is 3.26. The summed E-state index contributed by atoms with van der Waals surface area (Å²) in [7, 11) is 1.86. The van der Waals surface area contributed by atoms with E-state index >= 15 is 0 Å². The number of hydrogen-bond donors (Lipinski definition) is 1. The van der Waals surface area contributed by atoms with E-state index in [9.17, 15) is 4.39 Å². The molecule has 0 spiro atoms. The Hall–Kier alpha value is -1.20. The van der Waals surface area contributed by atoms with Gasteiger partial charge in [0.25, 0.3) is 0 Å². The Morgan fingerprint density at radius 3 is 2.82 bits per heavy atom. The SMILES string of the molecule is Cc1nc(CN)c(-c2cc(Br)ccc2F)n1C. The second-order valence-corrected chi connectivity index (χ2v) is 4.76. The molecule has 1 heterocycles. The highest BCUT2D eigenvalue weighted by atomic mass is 79.9. The lowest BCUT2D eigenvalue weighted by molar-refractivity contribution is 0.629. The predicted molar refractivity (Wildman–Crippen MR) is 68.9 cm³/mol. The summed E-state index contributed by atoms with van der Waals surface area (Å²) >= 11 is 3.34. The van der Waals surface area contributed by atoms with Gasteiger partial charge in [-0.25, -0.2) is 9.37 Å². The van der Waals surface area contributed by atoms with E-state index in [1.165, 1.54) is 6.07 Å². The number of halogens is 2. The normalized spacial score (nSPS) is 10.9. The first-order chi connectivity index (χ1) is 8.04. The first kappa shape index (κ1) is 12.3. The Bertz CT molecular complexity index is 563. The molecule has 1 aromatic heterocycles. The first-order valence-electron chi connectivity index (χ1n) is 5.22. The van der Waals surface area contributed by atoms with E-state index in [4.69, 9.17) is 5.73 Å². The van der Waals surface area contributed by atoms with Gasteiger partial charge in [0.2, 0.25) is 0 Å². The molecule has 1 aromatic carbocycles.